The minimum atomic E-state index is -5.38. The van der Waals surface area contributed by atoms with Crippen LogP contribution in [-0.2, 0) is 10.0 Å². The molecular formula is C8H7F3N2O3S. The molecule has 0 heterocycles. The van der Waals surface area contributed by atoms with E-state index in [1.165, 1.54) is 17.4 Å². The number of alkyl halides is 3. The fourth-order valence-electron chi connectivity index (χ4n) is 1.04. The molecule has 1 aromatic rings. The fourth-order valence-corrected chi connectivity index (χ4v) is 2.08. The Balaban J connectivity index is 3.27. The molecule has 17 heavy (non-hydrogen) atoms. The number of hydrogen-bond acceptors (Lipinski definition) is 4. The molecule has 0 aliphatic carbocycles. The van der Waals surface area contributed by atoms with Gasteiger partial charge in [0.15, 0.2) is 0 Å². The van der Waals surface area contributed by atoms with Crippen LogP contribution in [0.2, 0.25) is 0 Å². The van der Waals surface area contributed by atoms with Crippen molar-refractivity contribution >= 4 is 10.0 Å². The molecule has 0 aromatic heterocycles. The van der Waals surface area contributed by atoms with Gasteiger partial charge in [-0.05, 0) is 19.1 Å². The van der Waals surface area contributed by atoms with E-state index in [1.807, 2.05) is 0 Å². The fraction of sp³-hybridized carbons (Fsp3) is 0.250. The van der Waals surface area contributed by atoms with Crippen LogP contribution >= 0.6 is 0 Å². The first-order valence-corrected chi connectivity index (χ1v) is 5.65. The van der Waals surface area contributed by atoms with Crippen LogP contribution in [0.1, 0.15) is 5.56 Å². The van der Waals surface area contributed by atoms with Gasteiger partial charge in [-0.1, -0.05) is 22.1 Å². The molecular weight excluding hydrogens is 261 g/mol. The van der Waals surface area contributed by atoms with Gasteiger partial charge in [0.25, 0.3) is 10.0 Å². The topological polar surface area (TPSA) is 66.8 Å². The van der Waals surface area contributed by atoms with E-state index >= 15 is 0 Å². The lowest BCUT2D eigenvalue weighted by molar-refractivity contribution is -0.210. The molecule has 5 nitrogen and oxygen atoms in total. The summed E-state index contributed by atoms with van der Waals surface area (Å²) >= 11 is 0. The van der Waals surface area contributed by atoms with Crippen molar-refractivity contribution in [3.8, 4) is 0 Å². The average Bonchev–Trinajstić information content (AvgIpc) is 2.16. The lowest BCUT2D eigenvalue weighted by atomic mass is 10.2. The predicted octanol–water partition coefficient (Wildman–Crippen LogP) is 2.19. The molecule has 0 saturated heterocycles. The molecule has 0 unspecified atom stereocenters. The molecule has 9 heteroatoms. The van der Waals surface area contributed by atoms with Crippen molar-refractivity contribution in [3.05, 3.63) is 34.7 Å². The van der Waals surface area contributed by atoms with Crippen LogP contribution in [0.3, 0.4) is 0 Å². The second kappa shape index (κ2) is 4.32. The molecule has 0 fully saturated rings. The third-order valence-corrected chi connectivity index (χ3v) is 3.43. The molecule has 94 valence electrons. The van der Waals surface area contributed by atoms with Gasteiger partial charge in [0, 0.05) is 0 Å². The maximum atomic E-state index is 12.2. The number of hydrogen-bond donors (Lipinski definition) is 0. The summed E-state index contributed by atoms with van der Waals surface area (Å²) in [6.07, 6.45) is -5.38. The van der Waals surface area contributed by atoms with Crippen molar-refractivity contribution in [2.75, 3.05) is 0 Å². The zero-order chi connectivity index (χ0) is 13.3. The molecule has 0 aliphatic rings. The molecule has 0 amide bonds. The van der Waals surface area contributed by atoms with Crippen LogP contribution in [0.15, 0.2) is 34.4 Å². The van der Waals surface area contributed by atoms with E-state index in [-0.39, 0.29) is 0 Å². The second-order valence-corrected chi connectivity index (χ2v) is 4.88. The monoisotopic (exact) mass is 268 g/mol. The Bertz CT molecular complexity index is 510. The van der Waals surface area contributed by atoms with Gasteiger partial charge < -0.3 is 0 Å². The van der Waals surface area contributed by atoms with Crippen molar-refractivity contribution in [2.45, 2.75) is 18.1 Å². The predicted molar refractivity (Wildman–Crippen MR) is 52.1 cm³/mol. The van der Waals surface area contributed by atoms with Gasteiger partial charge >= 0.3 is 6.30 Å². The summed E-state index contributed by atoms with van der Waals surface area (Å²) in [6.45, 7) is 1.63. The number of sulfonamides is 1. The molecule has 0 atom stereocenters. The minimum absolute atomic E-state index is 0.653. The Morgan fingerprint density at radius 1 is 1.18 bits per heavy atom. The highest BCUT2D eigenvalue weighted by Crippen LogP contribution is 2.29. The first-order valence-electron chi connectivity index (χ1n) is 4.21. The number of benzene rings is 1. The van der Waals surface area contributed by atoms with Crippen molar-refractivity contribution < 1.29 is 21.6 Å². The minimum Gasteiger partial charge on any atom is -0.199 e. The highest BCUT2D eigenvalue weighted by atomic mass is 32.2. The molecule has 0 N–H and O–H groups in total. The van der Waals surface area contributed by atoms with Crippen molar-refractivity contribution in [1.82, 2.24) is 4.41 Å². The molecule has 1 aromatic carbocycles. The number of nitroso groups, excluding NO2 is 1. The lowest BCUT2D eigenvalue weighted by Gasteiger charge is -2.17. The Kier molecular flexibility index (Phi) is 3.41. The van der Waals surface area contributed by atoms with Gasteiger partial charge in [-0.25, -0.2) is 0 Å². The summed E-state index contributed by atoms with van der Waals surface area (Å²) in [6, 6.07) is 4.56. The number of aryl methyl sites for hydroxylation is 1. The average molecular weight is 268 g/mol. The Hall–Kier alpha value is -1.64. The molecule has 1 rings (SSSR count). The molecule has 0 radical (unpaired) electrons. The summed E-state index contributed by atoms with van der Waals surface area (Å²) in [5, 5.41) is 1.50. The van der Waals surface area contributed by atoms with Crippen LogP contribution in [0, 0.1) is 11.8 Å². The Morgan fingerprint density at radius 3 is 2.00 bits per heavy atom. The van der Waals surface area contributed by atoms with Gasteiger partial charge in [0.05, 0.1) is 10.2 Å². The van der Waals surface area contributed by atoms with Crippen molar-refractivity contribution in [1.29, 1.82) is 0 Å². The summed E-state index contributed by atoms with van der Waals surface area (Å²) in [7, 11) is -5.00. The highest BCUT2D eigenvalue weighted by Gasteiger charge is 2.47. The van der Waals surface area contributed by atoms with E-state index in [2.05, 4.69) is 0 Å². The Labute approximate surface area is 94.8 Å². The maximum absolute atomic E-state index is 12.2. The molecule has 0 aliphatic heterocycles. The molecule has 0 bridgehead atoms. The number of nitrogens with zero attached hydrogens (tertiary/aromatic N) is 2. The zero-order valence-corrected chi connectivity index (χ0v) is 9.29. The van der Waals surface area contributed by atoms with E-state index in [0.717, 1.165) is 12.1 Å². The van der Waals surface area contributed by atoms with Crippen molar-refractivity contribution in [2.24, 2.45) is 5.29 Å². The van der Waals surface area contributed by atoms with Gasteiger partial charge in [-0.15, -0.1) is 18.1 Å². The van der Waals surface area contributed by atoms with Gasteiger partial charge in [0.2, 0.25) is 0 Å². The Morgan fingerprint density at radius 2 is 1.65 bits per heavy atom. The largest absolute Gasteiger partial charge is 0.517 e. The maximum Gasteiger partial charge on any atom is 0.517 e. The highest BCUT2D eigenvalue weighted by molar-refractivity contribution is 7.89. The van der Waals surface area contributed by atoms with Crippen LogP contribution in [0.25, 0.3) is 0 Å². The summed E-state index contributed by atoms with van der Waals surface area (Å²) in [5.74, 6) is 0. The van der Waals surface area contributed by atoms with Crippen LogP contribution in [0.4, 0.5) is 13.2 Å². The third kappa shape index (κ3) is 2.73. The summed E-state index contributed by atoms with van der Waals surface area (Å²) in [5.41, 5.74) is 0.668. The zero-order valence-electron chi connectivity index (χ0n) is 8.47. The third-order valence-electron chi connectivity index (χ3n) is 1.84. The number of rotatable bonds is 3. The van der Waals surface area contributed by atoms with E-state index < -0.39 is 25.6 Å². The normalized spacial score (nSPS) is 12.2. The van der Waals surface area contributed by atoms with E-state index in [1.54, 1.807) is 6.92 Å². The first kappa shape index (κ1) is 13.4. The number of halogens is 3. The smallest absolute Gasteiger partial charge is 0.199 e. The summed E-state index contributed by atoms with van der Waals surface area (Å²) < 4.78 is 58.2. The van der Waals surface area contributed by atoms with Crippen LogP contribution < -0.4 is 0 Å². The lowest BCUT2D eigenvalue weighted by Crippen LogP contribution is -2.38. The van der Waals surface area contributed by atoms with E-state index in [4.69, 9.17) is 0 Å². The van der Waals surface area contributed by atoms with Gasteiger partial charge in [0.1, 0.15) is 0 Å². The summed E-state index contributed by atoms with van der Waals surface area (Å²) in [4.78, 5) is 9.36. The standard InChI is InChI=1S/C8H7F3N2O3S/c1-6-2-4-7(5-3-6)17(15,16)13(12-14)8(9,10)11/h2-5H,1H3. The van der Waals surface area contributed by atoms with E-state index in [9.17, 15) is 26.5 Å². The molecule has 0 spiro atoms. The van der Waals surface area contributed by atoms with Crippen LogP contribution in [-0.4, -0.2) is 19.1 Å². The quantitative estimate of drug-likeness (QED) is 0.479. The van der Waals surface area contributed by atoms with Crippen LogP contribution in [0.5, 0.6) is 0 Å². The molecule has 0 saturated carbocycles. The SMILES string of the molecule is Cc1ccc(S(=O)(=O)N(N=O)C(F)(F)F)cc1. The van der Waals surface area contributed by atoms with E-state index in [0.29, 0.717) is 5.56 Å². The second-order valence-electron chi connectivity index (χ2n) is 3.11. The van der Waals surface area contributed by atoms with Gasteiger partial charge in [-0.3, -0.25) is 0 Å². The van der Waals surface area contributed by atoms with Crippen molar-refractivity contribution in [3.63, 3.8) is 0 Å². The van der Waals surface area contributed by atoms with Gasteiger partial charge in [-0.2, -0.15) is 8.42 Å². The first-order chi connectivity index (χ1) is 7.69.